The number of benzene rings is 1. The molecule has 0 spiro atoms. The Hall–Kier alpha value is -4.47. The van der Waals surface area contributed by atoms with E-state index in [1.54, 1.807) is 24.0 Å². The molecule has 2 aliphatic rings. The highest BCUT2D eigenvalue weighted by atomic mass is 19.4. The number of amides is 2. The van der Waals surface area contributed by atoms with E-state index in [9.17, 15) is 35.9 Å². The molecule has 1 aromatic carbocycles. The third-order valence-corrected chi connectivity index (χ3v) is 8.53. The molecule has 0 aliphatic carbocycles. The number of aromatic nitrogens is 3. The number of piperazine rings is 1. The van der Waals surface area contributed by atoms with Gasteiger partial charge in [0, 0.05) is 45.3 Å². The maximum Gasteiger partial charge on any atom is 0.416 e. The lowest BCUT2D eigenvalue weighted by Gasteiger charge is -2.40. The van der Waals surface area contributed by atoms with Crippen molar-refractivity contribution in [3.63, 3.8) is 0 Å². The quantitative estimate of drug-likeness (QED) is 0.297. The lowest BCUT2D eigenvalue weighted by atomic mass is 9.91. The van der Waals surface area contributed by atoms with Crippen LogP contribution in [-0.4, -0.2) is 70.7 Å². The zero-order valence-electron chi connectivity index (χ0n) is 26.5. The summed E-state index contributed by atoms with van der Waals surface area (Å²) in [6, 6.07) is 2.18. The highest BCUT2D eigenvalue weighted by Gasteiger charge is 2.41. The first-order valence-electron chi connectivity index (χ1n) is 15.5. The summed E-state index contributed by atoms with van der Waals surface area (Å²) in [5, 5.41) is 3.22. The number of ether oxygens (including phenoxy) is 1. The number of pyridine rings is 1. The Morgan fingerprint density at radius 2 is 1.58 bits per heavy atom. The van der Waals surface area contributed by atoms with Crippen LogP contribution in [0.1, 0.15) is 73.9 Å². The van der Waals surface area contributed by atoms with Gasteiger partial charge in [0.15, 0.2) is 0 Å². The second kappa shape index (κ2) is 13.9. The van der Waals surface area contributed by atoms with Crippen molar-refractivity contribution in [2.75, 3.05) is 42.6 Å². The van der Waals surface area contributed by atoms with Crippen LogP contribution in [0.15, 0.2) is 48.9 Å². The highest BCUT2D eigenvalue weighted by Crippen LogP contribution is 2.42. The Labute approximate surface area is 273 Å². The summed E-state index contributed by atoms with van der Waals surface area (Å²) in [4.78, 5) is 43.1. The molecule has 1 saturated heterocycles. The standard InChI is InChI=1S/C32H35F6N7O3/c1-4-23-16-25(28-26(7-6-8-39-28)45(23)30(47)48-5-2)42-27(20-13-21(31(33,34)35)15-22(14-20)32(36,37)38)29-40-17-24(18-41-29)44-11-9-43(10-12-44)19(3)46/h6-8,13-15,17-18,23,25,27,42H,4-5,9-12,16H2,1-3H3/t23-,25+,27?/m1/s1. The molecule has 1 N–H and O–H groups in total. The normalized spacial score (nSPS) is 19.1. The molecule has 1 unspecified atom stereocenters. The van der Waals surface area contributed by atoms with E-state index in [0.29, 0.717) is 61.8 Å². The monoisotopic (exact) mass is 679 g/mol. The largest absolute Gasteiger partial charge is 0.449 e. The highest BCUT2D eigenvalue weighted by molar-refractivity contribution is 5.89. The van der Waals surface area contributed by atoms with Crippen LogP contribution >= 0.6 is 0 Å². The molecule has 48 heavy (non-hydrogen) atoms. The fourth-order valence-electron chi connectivity index (χ4n) is 6.09. The molecule has 3 aromatic rings. The minimum absolute atomic E-state index is 0.0519. The Morgan fingerprint density at radius 3 is 2.12 bits per heavy atom. The average molecular weight is 680 g/mol. The lowest BCUT2D eigenvalue weighted by Crippen LogP contribution is -2.48. The summed E-state index contributed by atoms with van der Waals surface area (Å²) in [5.41, 5.74) is -1.93. The molecule has 2 aliphatic heterocycles. The van der Waals surface area contributed by atoms with Gasteiger partial charge in [0.25, 0.3) is 0 Å². The molecule has 0 saturated carbocycles. The van der Waals surface area contributed by atoms with Crippen LogP contribution in [0.5, 0.6) is 0 Å². The van der Waals surface area contributed by atoms with Crippen LogP contribution in [0.2, 0.25) is 0 Å². The van der Waals surface area contributed by atoms with Gasteiger partial charge in [0.2, 0.25) is 5.91 Å². The molecule has 1 fully saturated rings. The average Bonchev–Trinajstić information content (AvgIpc) is 3.06. The van der Waals surface area contributed by atoms with Crippen molar-refractivity contribution in [3.05, 3.63) is 77.1 Å². The third-order valence-electron chi connectivity index (χ3n) is 8.53. The van der Waals surface area contributed by atoms with Crippen LogP contribution < -0.4 is 15.1 Å². The van der Waals surface area contributed by atoms with E-state index in [4.69, 9.17) is 4.74 Å². The van der Waals surface area contributed by atoms with E-state index in [0.717, 1.165) is 0 Å². The fourth-order valence-corrected chi connectivity index (χ4v) is 6.09. The zero-order chi connectivity index (χ0) is 34.8. The third kappa shape index (κ3) is 7.48. The topological polar surface area (TPSA) is 104 Å². The van der Waals surface area contributed by atoms with Crippen molar-refractivity contribution in [2.24, 2.45) is 0 Å². The molecule has 10 nitrogen and oxygen atoms in total. The lowest BCUT2D eigenvalue weighted by molar-refractivity contribution is -0.143. The first kappa shape index (κ1) is 34.9. The van der Waals surface area contributed by atoms with Gasteiger partial charge in [-0.15, -0.1) is 0 Å². The van der Waals surface area contributed by atoms with Gasteiger partial charge in [-0.1, -0.05) is 6.92 Å². The smallest absolute Gasteiger partial charge is 0.416 e. The van der Waals surface area contributed by atoms with Crippen LogP contribution in [0.25, 0.3) is 0 Å². The van der Waals surface area contributed by atoms with Crippen molar-refractivity contribution >= 4 is 23.4 Å². The van der Waals surface area contributed by atoms with E-state index in [2.05, 4.69) is 20.3 Å². The zero-order valence-corrected chi connectivity index (χ0v) is 26.5. The van der Waals surface area contributed by atoms with E-state index in [1.165, 1.54) is 30.4 Å². The summed E-state index contributed by atoms with van der Waals surface area (Å²) < 4.78 is 89.1. The van der Waals surface area contributed by atoms with Crippen LogP contribution in [-0.2, 0) is 21.9 Å². The van der Waals surface area contributed by atoms with Gasteiger partial charge in [-0.05, 0) is 55.7 Å². The van der Waals surface area contributed by atoms with Crippen molar-refractivity contribution < 1.29 is 40.7 Å². The Bertz CT molecular complexity index is 1580. The van der Waals surface area contributed by atoms with Gasteiger partial charge in [-0.3, -0.25) is 20.0 Å². The number of nitrogens with one attached hydrogen (secondary N) is 1. The molecule has 2 amide bonds. The molecule has 2 aromatic heterocycles. The molecular formula is C32H35F6N7O3. The minimum Gasteiger partial charge on any atom is -0.449 e. The van der Waals surface area contributed by atoms with E-state index >= 15 is 0 Å². The maximum absolute atomic E-state index is 14.0. The predicted octanol–water partition coefficient (Wildman–Crippen LogP) is 6.14. The molecule has 258 valence electrons. The molecule has 16 heteroatoms. The van der Waals surface area contributed by atoms with E-state index < -0.39 is 47.7 Å². The molecule has 0 radical (unpaired) electrons. The Kier molecular flexibility index (Phi) is 10.1. The minimum atomic E-state index is -5.07. The summed E-state index contributed by atoms with van der Waals surface area (Å²) in [5.74, 6) is -0.115. The first-order chi connectivity index (χ1) is 22.7. The number of fused-ring (bicyclic) bond motifs is 1. The van der Waals surface area contributed by atoms with Crippen LogP contribution in [0.3, 0.4) is 0 Å². The Balaban J connectivity index is 1.58. The van der Waals surface area contributed by atoms with Gasteiger partial charge < -0.3 is 14.5 Å². The number of halogens is 6. The predicted molar refractivity (Wildman–Crippen MR) is 163 cm³/mol. The number of rotatable bonds is 7. The summed E-state index contributed by atoms with van der Waals surface area (Å²) in [6.45, 7) is 7.07. The summed E-state index contributed by atoms with van der Waals surface area (Å²) in [7, 11) is 0. The number of carbonyl (C=O) groups excluding carboxylic acids is 2. The second-order valence-corrected chi connectivity index (χ2v) is 11.6. The van der Waals surface area contributed by atoms with Crippen molar-refractivity contribution in [3.8, 4) is 0 Å². The van der Waals surface area contributed by atoms with Gasteiger partial charge in [0.05, 0.1) is 59.3 Å². The van der Waals surface area contributed by atoms with Crippen molar-refractivity contribution in [1.29, 1.82) is 0 Å². The first-order valence-corrected chi connectivity index (χ1v) is 15.5. The van der Waals surface area contributed by atoms with Gasteiger partial charge >= 0.3 is 18.4 Å². The SMILES string of the molecule is CCOC(=O)N1c2cccnc2[C@@H](NC(c2cc(C(F)(F)F)cc(C(F)(F)F)c2)c2ncc(N3CCN(C(C)=O)CC3)cn2)C[C@H]1CC. The second-order valence-electron chi connectivity index (χ2n) is 11.6. The van der Waals surface area contributed by atoms with Gasteiger partial charge in [0.1, 0.15) is 5.82 Å². The number of carbonyl (C=O) groups is 2. The van der Waals surface area contributed by atoms with E-state index in [-0.39, 0.29) is 36.4 Å². The molecule has 5 rings (SSSR count). The molecule has 0 bridgehead atoms. The number of hydrogen-bond acceptors (Lipinski definition) is 8. The molecule has 3 atom stereocenters. The van der Waals surface area contributed by atoms with Crippen LogP contribution in [0.4, 0.5) is 42.5 Å². The van der Waals surface area contributed by atoms with E-state index in [1.807, 2.05) is 11.8 Å². The fraction of sp³-hybridized carbons (Fsp3) is 0.469. The van der Waals surface area contributed by atoms with Crippen molar-refractivity contribution in [1.82, 2.24) is 25.2 Å². The van der Waals surface area contributed by atoms with Crippen LogP contribution in [0, 0.1) is 0 Å². The van der Waals surface area contributed by atoms with Gasteiger partial charge in [-0.2, -0.15) is 26.3 Å². The molecular weight excluding hydrogens is 644 g/mol. The summed E-state index contributed by atoms with van der Waals surface area (Å²) >= 11 is 0. The molecule has 4 heterocycles. The maximum atomic E-state index is 14.0. The number of nitrogens with zero attached hydrogens (tertiary/aromatic N) is 6. The Morgan fingerprint density at radius 1 is 0.958 bits per heavy atom. The van der Waals surface area contributed by atoms with Crippen molar-refractivity contribution in [2.45, 2.75) is 64.1 Å². The number of alkyl halides is 6. The number of hydrogen-bond donors (Lipinski definition) is 1. The summed E-state index contributed by atoms with van der Waals surface area (Å²) in [6.07, 6.45) is -5.63. The number of anilines is 2. The van der Waals surface area contributed by atoms with Gasteiger partial charge in [-0.25, -0.2) is 14.8 Å².